The Labute approximate surface area is 139 Å². The predicted octanol–water partition coefficient (Wildman–Crippen LogP) is 3.02. The van der Waals surface area contributed by atoms with Gasteiger partial charge in [-0.25, -0.2) is 0 Å². The molecule has 2 N–H and O–H groups in total. The van der Waals surface area contributed by atoms with Gasteiger partial charge in [-0.2, -0.15) is 0 Å². The monoisotopic (exact) mass is 322 g/mol. The van der Waals surface area contributed by atoms with Gasteiger partial charge in [0.05, 0.1) is 0 Å². The Morgan fingerprint density at radius 1 is 1.14 bits per heavy atom. The van der Waals surface area contributed by atoms with Crippen molar-refractivity contribution < 1.29 is 4.79 Å². The molecule has 4 heteroatoms. The first-order valence-corrected chi connectivity index (χ1v) is 8.34. The first-order valence-electron chi connectivity index (χ1n) is 8.34. The SMILES string of the molecule is Cl.NC[C@H]1CCC[C@H]1C(=O)N1CCCC1Cc1ccccc1. The van der Waals surface area contributed by atoms with Crippen LogP contribution in [-0.4, -0.2) is 29.9 Å². The molecule has 3 rings (SSSR count). The first-order chi connectivity index (χ1) is 10.3. The number of nitrogens with two attached hydrogens (primary N) is 1. The summed E-state index contributed by atoms with van der Waals surface area (Å²) in [5.74, 6) is 0.975. The molecule has 1 aromatic carbocycles. The lowest BCUT2D eigenvalue weighted by atomic mass is 9.94. The van der Waals surface area contributed by atoms with E-state index in [0.29, 0.717) is 24.4 Å². The van der Waals surface area contributed by atoms with Crippen LogP contribution in [0.3, 0.4) is 0 Å². The van der Waals surface area contributed by atoms with Gasteiger partial charge in [-0.15, -0.1) is 12.4 Å². The van der Waals surface area contributed by atoms with Crippen molar-refractivity contribution in [3.05, 3.63) is 35.9 Å². The fourth-order valence-electron chi connectivity index (χ4n) is 4.08. The summed E-state index contributed by atoms with van der Waals surface area (Å²) in [6, 6.07) is 10.9. The molecule has 3 nitrogen and oxygen atoms in total. The number of nitrogens with zero attached hydrogens (tertiary/aromatic N) is 1. The molecule has 0 aromatic heterocycles. The third-order valence-electron chi connectivity index (χ3n) is 5.25. The van der Waals surface area contributed by atoms with Gasteiger partial charge in [-0.3, -0.25) is 4.79 Å². The van der Waals surface area contributed by atoms with Crippen LogP contribution < -0.4 is 5.73 Å². The van der Waals surface area contributed by atoms with Crippen LogP contribution in [0.25, 0.3) is 0 Å². The number of benzene rings is 1. The maximum absolute atomic E-state index is 12.9. The zero-order chi connectivity index (χ0) is 14.7. The fraction of sp³-hybridized carbons (Fsp3) is 0.611. The standard InChI is InChI=1S/C18H26N2O.ClH/c19-13-15-8-4-10-17(15)18(21)20-11-5-9-16(20)12-14-6-2-1-3-7-14;/h1-3,6-7,15-17H,4-5,8-13,19H2;1H/t15-,16?,17-;/m1./s1. The molecule has 1 aromatic rings. The van der Waals surface area contributed by atoms with Gasteiger partial charge < -0.3 is 10.6 Å². The van der Waals surface area contributed by atoms with E-state index in [0.717, 1.165) is 45.1 Å². The van der Waals surface area contributed by atoms with Crippen molar-refractivity contribution >= 4 is 18.3 Å². The molecule has 122 valence electrons. The maximum atomic E-state index is 12.9. The molecule has 0 spiro atoms. The first kappa shape index (κ1) is 17.3. The average Bonchev–Trinajstić information content (AvgIpc) is 3.16. The van der Waals surface area contributed by atoms with E-state index in [2.05, 4.69) is 29.2 Å². The van der Waals surface area contributed by atoms with Gasteiger partial charge >= 0.3 is 0 Å². The van der Waals surface area contributed by atoms with E-state index < -0.39 is 0 Å². The van der Waals surface area contributed by atoms with Gasteiger partial charge in [0.25, 0.3) is 0 Å². The molecule has 1 heterocycles. The largest absolute Gasteiger partial charge is 0.339 e. The molecular weight excluding hydrogens is 296 g/mol. The Morgan fingerprint density at radius 3 is 2.64 bits per heavy atom. The lowest BCUT2D eigenvalue weighted by Gasteiger charge is -2.29. The number of likely N-dealkylation sites (tertiary alicyclic amines) is 1. The number of hydrogen-bond donors (Lipinski definition) is 1. The number of rotatable bonds is 4. The van der Waals surface area contributed by atoms with Crippen molar-refractivity contribution in [1.82, 2.24) is 4.90 Å². The minimum Gasteiger partial charge on any atom is -0.339 e. The van der Waals surface area contributed by atoms with Crippen LogP contribution in [-0.2, 0) is 11.2 Å². The van der Waals surface area contributed by atoms with Crippen molar-refractivity contribution in [1.29, 1.82) is 0 Å². The van der Waals surface area contributed by atoms with Crippen LogP contribution >= 0.6 is 12.4 Å². The lowest BCUT2D eigenvalue weighted by molar-refractivity contribution is -0.137. The van der Waals surface area contributed by atoms with Gasteiger partial charge in [-0.05, 0) is 50.1 Å². The van der Waals surface area contributed by atoms with Crippen LogP contribution in [0.15, 0.2) is 30.3 Å². The van der Waals surface area contributed by atoms with Gasteiger partial charge in [-0.1, -0.05) is 36.8 Å². The average molecular weight is 323 g/mol. The van der Waals surface area contributed by atoms with Crippen LogP contribution in [0, 0.1) is 11.8 Å². The van der Waals surface area contributed by atoms with Gasteiger partial charge in [0.15, 0.2) is 0 Å². The minimum absolute atomic E-state index is 0. The van der Waals surface area contributed by atoms with Gasteiger partial charge in [0, 0.05) is 18.5 Å². The van der Waals surface area contributed by atoms with Gasteiger partial charge in [0.2, 0.25) is 5.91 Å². The molecule has 1 aliphatic carbocycles. The summed E-state index contributed by atoms with van der Waals surface area (Å²) in [5, 5.41) is 0. The summed E-state index contributed by atoms with van der Waals surface area (Å²) in [6.45, 7) is 1.59. The summed E-state index contributed by atoms with van der Waals surface area (Å²) in [5.41, 5.74) is 7.19. The summed E-state index contributed by atoms with van der Waals surface area (Å²) in [7, 11) is 0. The molecule has 0 radical (unpaired) electrons. The van der Waals surface area contributed by atoms with Crippen LogP contribution in [0.1, 0.15) is 37.7 Å². The highest BCUT2D eigenvalue weighted by atomic mass is 35.5. The number of hydrogen-bond acceptors (Lipinski definition) is 2. The van der Waals surface area contributed by atoms with Crippen molar-refractivity contribution in [2.24, 2.45) is 17.6 Å². The summed E-state index contributed by atoms with van der Waals surface area (Å²) >= 11 is 0. The third-order valence-corrected chi connectivity index (χ3v) is 5.25. The van der Waals surface area contributed by atoms with E-state index in [4.69, 9.17) is 5.73 Å². The topological polar surface area (TPSA) is 46.3 Å². The quantitative estimate of drug-likeness (QED) is 0.926. The molecule has 2 aliphatic rings. The maximum Gasteiger partial charge on any atom is 0.226 e. The molecule has 1 aliphatic heterocycles. The van der Waals surface area contributed by atoms with E-state index in [1.807, 2.05) is 6.07 Å². The number of halogens is 1. The lowest BCUT2D eigenvalue weighted by Crippen LogP contribution is -2.42. The van der Waals surface area contributed by atoms with Crippen molar-refractivity contribution in [3.8, 4) is 0 Å². The van der Waals surface area contributed by atoms with E-state index >= 15 is 0 Å². The third kappa shape index (κ3) is 3.64. The molecule has 1 saturated carbocycles. The van der Waals surface area contributed by atoms with E-state index in [1.165, 1.54) is 5.56 Å². The zero-order valence-electron chi connectivity index (χ0n) is 13.1. The fourth-order valence-corrected chi connectivity index (χ4v) is 4.08. The Morgan fingerprint density at radius 2 is 1.91 bits per heavy atom. The van der Waals surface area contributed by atoms with E-state index in [-0.39, 0.29) is 18.3 Å². The van der Waals surface area contributed by atoms with Crippen LogP contribution in [0.4, 0.5) is 0 Å². The molecule has 1 amide bonds. The number of carbonyl (C=O) groups is 1. The summed E-state index contributed by atoms with van der Waals surface area (Å²) < 4.78 is 0. The second kappa shape index (κ2) is 7.98. The summed E-state index contributed by atoms with van der Waals surface area (Å²) in [6.07, 6.45) is 6.60. The second-order valence-corrected chi connectivity index (χ2v) is 6.55. The van der Waals surface area contributed by atoms with E-state index in [1.54, 1.807) is 0 Å². The number of amides is 1. The molecule has 2 fully saturated rings. The smallest absolute Gasteiger partial charge is 0.226 e. The highest BCUT2D eigenvalue weighted by molar-refractivity contribution is 5.85. The Hall–Kier alpha value is -1.06. The minimum atomic E-state index is 0. The highest BCUT2D eigenvalue weighted by Gasteiger charge is 2.38. The van der Waals surface area contributed by atoms with Crippen molar-refractivity contribution in [2.75, 3.05) is 13.1 Å². The van der Waals surface area contributed by atoms with Crippen LogP contribution in [0.5, 0.6) is 0 Å². The molecule has 22 heavy (non-hydrogen) atoms. The molecule has 1 unspecified atom stereocenters. The molecule has 1 saturated heterocycles. The Bertz CT molecular complexity index is 479. The second-order valence-electron chi connectivity index (χ2n) is 6.55. The molecule has 3 atom stereocenters. The van der Waals surface area contributed by atoms with E-state index in [9.17, 15) is 4.79 Å². The van der Waals surface area contributed by atoms with Crippen molar-refractivity contribution in [3.63, 3.8) is 0 Å². The zero-order valence-corrected chi connectivity index (χ0v) is 13.9. The normalized spacial score (nSPS) is 27.7. The Kier molecular flexibility index (Phi) is 6.27. The Balaban J connectivity index is 0.00000176. The van der Waals surface area contributed by atoms with Crippen LogP contribution in [0.2, 0.25) is 0 Å². The molecule has 0 bridgehead atoms. The van der Waals surface area contributed by atoms with Gasteiger partial charge in [0.1, 0.15) is 0 Å². The molecular formula is C18H27ClN2O. The van der Waals surface area contributed by atoms with Crippen molar-refractivity contribution in [2.45, 2.75) is 44.6 Å². The summed E-state index contributed by atoms with van der Waals surface area (Å²) in [4.78, 5) is 15.0. The number of carbonyl (C=O) groups excluding carboxylic acids is 1. The predicted molar refractivity (Wildman–Crippen MR) is 92.0 cm³/mol. The highest BCUT2D eigenvalue weighted by Crippen LogP contribution is 2.34.